The molecule has 0 spiro atoms. The molecule has 2 heteroatoms. The van der Waals surface area contributed by atoms with E-state index in [0.29, 0.717) is 6.54 Å². The second-order valence-electron chi connectivity index (χ2n) is 2.78. The smallest absolute Gasteiger partial charge is 0.0871 e. The van der Waals surface area contributed by atoms with Gasteiger partial charge in [0.15, 0.2) is 0 Å². The van der Waals surface area contributed by atoms with E-state index in [0.717, 1.165) is 12.0 Å². The molecule has 0 bridgehead atoms. The Balaban J connectivity index is 3.67. The highest BCUT2D eigenvalue weighted by atomic mass is 16.3. The molecule has 2 nitrogen and oxygen atoms in total. The number of allylic oxidation sites excluding steroid dienone is 3. The van der Waals surface area contributed by atoms with E-state index < -0.39 is 0 Å². The Bertz CT molecular complexity index is 194. The largest absolute Gasteiger partial charge is 0.151 e. The lowest BCUT2D eigenvalue weighted by Gasteiger charge is -1.97. The van der Waals surface area contributed by atoms with Crippen molar-refractivity contribution in [3.05, 3.63) is 41.9 Å². The number of rotatable bonds is 6. The molecule has 0 saturated heterocycles. The first-order chi connectivity index (χ1) is 5.70. The lowest BCUT2D eigenvalue weighted by Crippen LogP contribution is -1.92. The molecule has 66 valence electrons. The van der Waals surface area contributed by atoms with Crippen molar-refractivity contribution < 1.29 is 0 Å². The predicted octanol–water partition coefficient (Wildman–Crippen LogP) is 3.08. The van der Waals surface area contributed by atoms with Gasteiger partial charge < -0.3 is 0 Å². The number of hydrogen-bond acceptors (Lipinski definition) is 2. The van der Waals surface area contributed by atoms with E-state index in [1.165, 1.54) is 0 Å². The summed E-state index contributed by atoms with van der Waals surface area (Å²) in [5.74, 6) is 0.222. The lowest BCUT2D eigenvalue weighted by molar-refractivity contribution is 0.735. The molecule has 0 aliphatic rings. The molecule has 0 aliphatic heterocycles. The van der Waals surface area contributed by atoms with Crippen LogP contribution in [0.2, 0.25) is 0 Å². The number of nitroso groups, excluding NO2 is 1. The fourth-order valence-corrected chi connectivity index (χ4v) is 0.713. The first-order valence-electron chi connectivity index (χ1n) is 3.96. The Hall–Kier alpha value is -1.18. The van der Waals surface area contributed by atoms with Gasteiger partial charge in [0.2, 0.25) is 0 Å². The maximum absolute atomic E-state index is 9.85. The Morgan fingerprint density at radius 3 is 2.83 bits per heavy atom. The van der Waals surface area contributed by atoms with Gasteiger partial charge in [0.25, 0.3) is 0 Å². The molecule has 1 atom stereocenters. The molecule has 0 saturated carbocycles. The van der Waals surface area contributed by atoms with Gasteiger partial charge in [0.05, 0.1) is 6.54 Å². The van der Waals surface area contributed by atoms with Crippen molar-refractivity contribution in [2.45, 2.75) is 13.3 Å². The summed E-state index contributed by atoms with van der Waals surface area (Å²) in [6.07, 6.45) is 6.48. The third kappa shape index (κ3) is 5.59. The molecule has 0 rings (SSSR count). The second-order valence-corrected chi connectivity index (χ2v) is 2.78. The predicted molar refractivity (Wildman–Crippen MR) is 52.9 cm³/mol. The van der Waals surface area contributed by atoms with Crippen molar-refractivity contribution in [2.75, 3.05) is 6.54 Å². The summed E-state index contributed by atoms with van der Waals surface area (Å²) in [7, 11) is 0. The minimum absolute atomic E-state index is 0.222. The summed E-state index contributed by atoms with van der Waals surface area (Å²) in [5, 5.41) is 2.81. The van der Waals surface area contributed by atoms with E-state index in [4.69, 9.17) is 0 Å². The Morgan fingerprint density at radius 1 is 1.67 bits per heavy atom. The number of nitrogens with zero attached hydrogens (tertiary/aromatic N) is 1. The van der Waals surface area contributed by atoms with E-state index in [1.54, 1.807) is 6.08 Å². The van der Waals surface area contributed by atoms with Crippen molar-refractivity contribution >= 4 is 0 Å². The van der Waals surface area contributed by atoms with Crippen LogP contribution in [-0.2, 0) is 0 Å². The molecule has 0 fully saturated rings. The zero-order chi connectivity index (χ0) is 9.40. The van der Waals surface area contributed by atoms with Crippen LogP contribution in [-0.4, -0.2) is 6.54 Å². The van der Waals surface area contributed by atoms with Gasteiger partial charge in [-0.15, -0.1) is 0 Å². The number of hydrogen-bond donors (Lipinski definition) is 0. The zero-order valence-electron chi connectivity index (χ0n) is 7.49. The summed E-state index contributed by atoms with van der Waals surface area (Å²) >= 11 is 0. The molecule has 12 heavy (non-hydrogen) atoms. The van der Waals surface area contributed by atoms with Gasteiger partial charge in [-0.1, -0.05) is 49.1 Å². The normalized spacial score (nSPS) is 12.8. The quantitative estimate of drug-likeness (QED) is 0.338. The third-order valence-corrected chi connectivity index (χ3v) is 1.50. The summed E-state index contributed by atoms with van der Waals surface area (Å²) < 4.78 is 0. The molecule has 0 aromatic carbocycles. The highest BCUT2D eigenvalue weighted by molar-refractivity contribution is 5.14. The van der Waals surface area contributed by atoms with E-state index in [9.17, 15) is 4.91 Å². The topological polar surface area (TPSA) is 29.4 Å². The Labute approximate surface area is 73.6 Å². The van der Waals surface area contributed by atoms with Crippen LogP contribution < -0.4 is 0 Å². The van der Waals surface area contributed by atoms with Crippen LogP contribution >= 0.6 is 0 Å². The zero-order valence-corrected chi connectivity index (χ0v) is 7.49. The van der Waals surface area contributed by atoms with E-state index in [2.05, 4.69) is 18.3 Å². The molecule has 1 unspecified atom stereocenters. The van der Waals surface area contributed by atoms with Gasteiger partial charge in [0, 0.05) is 0 Å². The highest BCUT2D eigenvalue weighted by Crippen LogP contribution is 2.03. The van der Waals surface area contributed by atoms with Crippen molar-refractivity contribution in [3.8, 4) is 0 Å². The van der Waals surface area contributed by atoms with Gasteiger partial charge in [-0.25, -0.2) is 0 Å². The molecular weight excluding hydrogens is 150 g/mol. The van der Waals surface area contributed by atoms with Crippen molar-refractivity contribution in [2.24, 2.45) is 11.1 Å². The molecule has 0 amide bonds. The van der Waals surface area contributed by atoms with E-state index in [-0.39, 0.29) is 5.92 Å². The van der Waals surface area contributed by atoms with Crippen LogP contribution in [0.3, 0.4) is 0 Å². The van der Waals surface area contributed by atoms with Gasteiger partial charge >= 0.3 is 0 Å². The van der Waals surface area contributed by atoms with E-state index in [1.807, 2.05) is 19.1 Å². The van der Waals surface area contributed by atoms with Crippen LogP contribution in [0.5, 0.6) is 0 Å². The first-order valence-corrected chi connectivity index (χ1v) is 3.96. The first kappa shape index (κ1) is 10.8. The summed E-state index contributed by atoms with van der Waals surface area (Å²) in [5.41, 5.74) is 0.984. The minimum atomic E-state index is 0.222. The van der Waals surface area contributed by atoms with Crippen LogP contribution in [0.25, 0.3) is 0 Å². The van der Waals surface area contributed by atoms with Crippen molar-refractivity contribution in [3.63, 3.8) is 0 Å². The standard InChI is InChI=1S/C10H15NO/c1-4-9(2)6-5-7-10(3)8-11-12/h4-5,7,10H,1-2,6,8H2,3H3. The Morgan fingerprint density at radius 2 is 2.33 bits per heavy atom. The maximum atomic E-state index is 9.85. The molecular formula is C10H15NO. The fourth-order valence-electron chi connectivity index (χ4n) is 0.713. The second kappa shape index (κ2) is 6.53. The third-order valence-electron chi connectivity index (χ3n) is 1.50. The molecule has 0 aromatic rings. The van der Waals surface area contributed by atoms with Crippen LogP contribution in [0.4, 0.5) is 0 Å². The van der Waals surface area contributed by atoms with Crippen LogP contribution in [0, 0.1) is 10.8 Å². The molecule has 0 heterocycles. The SMILES string of the molecule is C=CC(=C)CC=CC(C)CN=O. The average molecular weight is 165 g/mol. The molecule has 0 radical (unpaired) electrons. The van der Waals surface area contributed by atoms with Crippen LogP contribution in [0.15, 0.2) is 42.1 Å². The van der Waals surface area contributed by atoms with Crippen molar-refractivity contribution in [1.29, 1.82) is 0 Å². The summed E-state index contributed by atoms with van der Waals surface area (Å²) in [6.45, 7) is 9.65. The maximum Gasteiger partial charge on any atom is 0.0871 e. The molecule has 0 N–H and O–H groups in total. The minimum Gasteiger partial charge on any atom is -0.151 e. The van der Waals surface area contributed by atoms with Gasteiger partial charge in [0.1, 0.15) is 0 Å². The summed E-state index contributed by atoms with van der Waals surface area (Å²) in [6, 6.07) is 0. The molecule has 0 aromatic heterocycles. The van der Waals surface area contributed by atoms with Gasteiger partial charge in [-0.05, 0) is 12.3 Å². The van der Waals surface area contributed by atoms with Crippen molar-refractivity contribution in [1.82, 2.24) is 0 Å². The summed E-state index contributed by atoms with van der Waals surface area (Å²) in [4.78, 5) is 9.85. The van der Waals surface area contributed by atoms with Crippen LogP contribution in [0.1, 0.15) is 13.3 Å². The monoisotopic (exact) mass is 165 g/mol. The fraction of sp³-hybridized carbons (Fsp3) is 0.400. The average Bonchev–Trinajstić information content (AvgIpc) is 2.04. The lowest BCUT2D eigenvalue weighted by atomic mass is 10.1. The molecule has 0 aliphatic carbocycles. The Kier molecular flexibility index (Phi) is 5.88. The van der Waals surface area contributed by atoms with Gasteiger partial charge in [-0.2, -0.15) is 4.91 Å². The highest BCUT2D eigenvalue weighted by Gasteiger charge is 1.93. The van der Waals surface area contributed by atoms with Gasteiger partial charge in [-0.3, -0.25) is 0 Å². The van der Waals surface area contributed by atoms with E-state index >= 15 is 0 Å².